The number of hydrogen-bond donors (Lipinski definition) is 1. The van der Waals surface area contributed by atoms with Crippen molar-refractivity contribution in [3.8, 4) is 0 Å². The zero-order valence-electron chi connectivity index (χ0n) is 19.5. The molecule has 1 N–H and O–H groups in total. The minimum absolute atomic E-state index is 0.0629. The number of pyridine rings is 1. The van der Waals surface area contributed by atoms with Crippen LogP contribution in [0.3, 0.4) is 0 Å². The van der Waals surface area contributed by atoms with Gasteiger partial charge in [0.1, 0.15) is 5.03 Å². The molecule has 0 spiro atoms. The summed E-state index contributed by atoms with van der Waals surface area (Å²) >= 11 is 5.26. The fourth-order valence-corrected chi connectivity index (χ4v) is 7.21. The Balaban J connectivity index is 2.16. The standard InChI is InChI=1S/C24H40N2OS3/c1-6-8-10-12-18-14-15-19(13-11-9-7-2)30-22(18)23(27)26-21-20(28-4)16-17(3)25-24(21)29-5/h16,18-19,22H,6-15H2,1-5H3,(H,26,27). The molecule has 6 heteroatoms. The summed E-state index contributed by atoms with van der Waals surface area (Å²) in [5, 5.41) is 4.94. The molecule has 3 atom stereocenters. The summed E-state index contributed by atoms with van der Waals surface area (Å²) < 4.78 is 0. The van der Waals surface area contributed by atoms with Gasteiger partial charge in [-0.1, -0.05) is 52.4 Å². The van der Waals surface area contributed by atoms with Crippen molar-refractivity contribution in [3.63, 3.8) is 0 Å². The molecule has 1 aromatic heterocycles. The highest BCUT2D eigenvalue weighted by Crippen LogP contribution is 2.42. The molecular formula is C24H40N2OS3. The van der Waals surface area contributed by atoms with Crippen LogP contribution in [-0.4, -0.2) is 33.9 Å². The maximum Gasteiger partial charge on any atom is 0.237 e. The number of amides is 1. The van der Waals surface area contributed by atoms with Gasteiger partial charge in [-0.25, -0.2) is 4.98 Å². The molecule has 1 saturated heterocycles. The van der Waals surface area contributed by atoms with Gasteiger partial charge in [-0.2, -0.15) is 0 Å². The summed E-state index contributed by atoms with van der Waals surface area (Å²) in [6.07, 6.45) is 16.6. The number of aryl methyl sites for hydroxylation is 1. The Kier molecular flexibility index (Phi) is 12.1. The smallest absolute Gasteiger partial charge is 0.237 e. The normalized spacial score (nSPS) is 21.6. The molecule has 2 heterocycles. The number of carbonyl (C=O) groups is 1. The molecular weight excluding hydrogens is 428 g/mol. The molecule has 170 valence electrons. The van der Waals surface area contributed by atoms with Gasteiger partial charge in [0.2, 0.25) is 5.91 Å². The van der Waals surface area contributed by atoms with E-state index in [0.29, 0.717) is 11.2 Å². The highest BCUT2D eigenvalue weighted by atomic mass is 32.2. The van der Waals surface area contributed by atoms with Crippen molar-refractivity contribution in [3.05, 3.63) is 11.8 Å². The van der Waals surface area contributed by atoms with Crippen LogP contribution in [0.25, 0.3) is 0 Å². The number of thioether (sulfide) groups is 3. The van der Waals surface area contributed by atoms with Crippen LogP contribution in [0.1, 0.15) is 83.7 Å². The first kappa shape index (κ1) is 25.9. The second kappa shape index (κ2) is 13.9. The summed E-state index contributed by atoms with van der Waals surface area (Å²) in [4.78, 5) is 19.3. The van der Waals surface area contributed by atoms with Crippen molar-refractivity contribution in [2.75, 3.05) is 17.8 Å². The van der Waals surface area contributed by atoms with Gasteiger partial charge in [-0.3, -0.25) is 4.79 Å². The Morgan fingerprint density at radius 2 is 1.80 bits per heavy atom. The molecule has 1 aliphatic heterocycles. The highest BCUT2D eigenvalue weighted by molar-refractivity contribution is 8.01. The van der Waals surface area contributed by atoms with Crippen molar-refractivity contribution in [1.29, 1.82) is 0 Å². The fraction of sp³-hybridized carbons (Fsp3) is 0.750. The first-order valence-electron chi connectivity index (χ1n) is 11.6. The van der Waals surface area contributed by atoms with Crippen LogP contribution in [0.2, 0.25) is 0 Å². The first-order chi connectivity index (χ1) is 14.5. The van der Waals surface area contributed by atoms with E-state index >= 15 is 0 Å². The van der Waals surface area contributed by atoms with Crippen molar-refractivity contribution in [1.82, 2.24) is 4.98 Å². The summed E-state index contributed by atoms with van der Waals surface area (Å²) in [5.74, 6) is 0.691. The van der Waals surface area contributed by atoms with Crippen LogP contribution in [0.15, 0.2) is 16.0 Å². The first-order valence-corrected chi connectivity index (χ1v) is 15.0. The molecule has 1 aliphatic rings. The van der Waals surface area contributed by atoms with Crippen molar-refractivity contribution >= 4 is 46.9 Å². The molecule has 0 aromatic carbocycles. The average Bonchev–Trinajstić information content (AvgIpc) is 2.75. The van der Waals surface area contributed by atoms with Gasteiger partial charge in [0.15, 0.2) is 0 Å². The zero-order valence-corrected chi connectivity index (χ0v) is 21.9. The van der Waals surface area contributed by atoms with Crippen molar-refractivity contribution < 1.29 is 4.79 Å². The average molecular weight is 469 g/mol. The predicted molar refractivity (Wildman–Crippen MR) is 137 cm³/mol. The minimum Gasteiger partial charge on any atom is -0.322 e. The highest BCUT2D eigenvalue weighted by Gasteiger charge is 2.36. The Morgan fingerprint density at radius 3 is 2.43 bits per heavy atom. The Bertz CT molecular complexity index is 643. The second-order valence-electron chi connectivity index (χ2n) is 8.35. The molecule has 30 heavy (non-hydrogen) atoms. The van der Waals surface area contributed by atoms with Crippen molar-refractivity contribution in [2.45, 2.75) is 105 Å². The molecule has 0 bridgehead atoms. The molecule has 1 aromatic rings. The Labute approximate surface area is 197 Å². The molecule has 2 rings (SSSR count). The van der Waals surface area contributed by atoms with Crippen LogP contribution in [0, 0.1) is 12.8 Å². The number of anilines is 1. The second-order valence-corrected chi connectivity index (χ2v) is 11.4. The molecule has 3 nitrogen and oxygen atoms in total. The number of nitrogens with zero attached hydrogens (tertiary/aromatic N) is 1. The van der Waals surface area contributed by atoms with E-state index in [1.807, 2.05) is 24.9 Å². The lowest BCUT2D eigenvalue weighted by Gasteiger charge is -2.35. The van der Waals surface area contributed by atoms with Gasteiger partial charge >= 0.3 is 0 Å². The molecule has 3 unspecified atom stereocenters. The zero-order chi connectivity index (χ0) is 21.9. The summed E-state index contributed by atoms with van der Waals surface area (Å²) in [6, 6.07) is 2.08. The van der Waals surface area contributed by atoms with E-state index in [4.69, 9.17) is 0 Å². The Morgan fingerprint density at radius 1 is 1.10 bits per heavy atom. The lowest BCUT2D eigenvalue weighted by molar-refractivity contribution is -0.116. The quantitative estimate of drug-likeness (QED) is 0.250. The van der Waals surface area contributed by atoms with E-state index in [1.54, 1.807) is 23.5 Å². The lowest BCUT2D eigenvalue weighted by Crippen LogP contribution is -2.37. The van der Waals surface area contributed by atoms with Gasteiger partial charge in [0.05, 0.1) is 10.9 Å². The number of carbonyl (C=O) groups excluding carboxylic acids is 1. The third-order valence-electron chi connectivity index (χ3n) is 5.93. The summed E-state index contributed by atoms with van der Waals surface area (Å²) in [7, 11) is 0. The van der Waals surface area contributed by atoms with E-state index in [2.05, 4.69) is 36.5 Å². The molecule has 1 fully saturated rings. The van der Waals surface area contributed by atoms with Crippen LogP contribution in [-0.2, 0) is 4.79 Å². The van der Waals surface area contributed by atoms with E-state index in [9.17, 15) is 4.79 Å². The lowest BCUT2D eigenvalue weighted by atomic mass is 9.90. The van der Waals surface area contributed by atoms with Crippen LogP contribution >= 0.6 is 35.3 Å². The maximum atomic E-state index is 13.5. The predicted octanol–water partition coefficient (Wildman–Crippen LogP) is 7.81. The van der Waals surface area contributed by atoms with Crippen LogP contribution in [0.5, 0.6) is 0 Å². The van der Waals surface area contributed by atoms with Crippen molar-refractivity contribution in [2.24, 2.45) is 5.92 Å². The third kappa shape index (κ3) is 7.67. The fourth-order valence-electron chi connectivity index (χ4n) is 4.23. The van der Waals surface area contributed by atoms with Gasteiger partial charge in [-0.15, -0.1) is 35.3 Å². The molecule has 1 amide bonds. The monoisotopic (exact) mass is 468 g/mol. The van der Waals surface area contributed by atoms with E-state index < -0.39 is 0 Å². The van der Waals surface area contributed by atoms with Gasteiger partial charge in [0, 0.05) is 15.8 Å². The van der Waals surface area contributed by atoms with Gasteiger partial charge in [0.25, 0.3) is 0 Å². The largest absolute Gasteiger partial charge is 0.322 e. The van der Waals surface area contributed by atoms with E-state index in [-0.39, 0.29) is 11.2 Å². The SMILES string of the molecule is CCCCCC1CCC(CCCCC)C(C(=O)Nc2c(SC)cc(C)nc2SC)S1. The topological polar surface area (TPSA) is 42.0 Å². The number of hydrogen-bond acceptors (Lipinski definition) is 5. The Hall–Kier alpha value is -0.330. The van der Waals surface area contributed by atoms with Gasteiger partial charge < -0.3 is 5.32 Å². The molecule has 0 saturated carbocycles. The summed E-state index contributed by atoms with van der Waals surface area (Å²) in [5.41, 5.74) is 1.91. The van der Waals surface area contributed by atoms with Crippen LogP contribution in [0.4, 0.5) is 5.69 Å². The summed E-state index contributed by atoms with van der Waals surface area (Å²) in [6.45, 7) is 6.53. The number of nitrogens with one attached hydrogen (secondary N) is 1. The molecule has 0 radical (unpaired) electrons. The number of aromatic nitrogens is 1. The number of unbranched alkanes of at least 4 members (excludes halogenated alkanes) is 4. The third-order valence-corrected chi connectivity index (χ3v) is 9.13. The maximum absolute atomic E-state index is 13.5. The minimum atomic E-state index is 0.0629. The molecule has 0 aliphatic carbocycles. The van der Waals surface area contributed by atoms with E-state index in [1.165, 1.54) is 64.2 Å². The van der Waals surface area contributed by atoms with Gasteiger partial charge in [-0.05, 0) is 57.1 Å². The van der Waals surface area contributed by atoms with E-state index in [0.717, 1.165) is 21.3 Å². The van der Waals surface area contributed by atoms with Crippen LogP contribution < -0.4 is 5.32 Å². The number of rotatable bonds is 12.